The van der Waals surface area contributed by atoms with Crippen molar-refractivity contribution in [3.63, 3.8) is 0 Å². The van der Waals surface area contributed by atoms with Crippen LogP contribution in [0.4, 0.5) is 10.1 Å². The normalized spacial score (nSPS) is 10.1. The van der Waals surface area contributed by atoms with Crippen LogP contribution in [-0.4, -0.2) is 24.0 Å². The lowest BCUT2D eigenvalue weighted by Crippen LogP contribution is -2.30. The number of ether oxygens (including phenoxy) is 1. The Kier molecular flexibility index (Phi) is 8.28. The molecule has 0 fully saturated rings. The fourth-order valence-electron chi connectivity index (χ4n) is 2.03. The van der Waals surface area contributed by atoms with Gasteiger partial charge in [-0.05, 0) is 36.0 Å². The van der Waals surface area contributed by atoms with Crippen LogP contribution >= 0.6 is 24.0 Å². The first-order valence-corrected chi connectivity index (χ1v) is 9.45. The second kappa shape index (κ2) is 10.7. The summed E-state index contributed by atoms with van der Waals surface area (Å²) in [6, 6.07) is 14.4. The van der Waals surface area contributed by atoms with Crippen molar-refractivity contribution in [2.24, 2.45) is 0 Å². The third kappa shape index (κ3) is 7.15. The van der Waals surface area contributed by atoms with E-state index in [0.29, 0.717) is 24.0 Å². The van der Waals surface area contributed by atoms with Crippen molar-refractivity contribution < 1.29 is 9.13 Å². The van der Waals surface area contributed by atoms with Crippen molar-refractivity contribution in [2.45, 2.75) is 5.75 Å². The van der Waals surface area contributed by atoms with E-state index in [1.165, 1.54) is 6.07 Å². The smallest absolute Gasteiger partial charge is 0.170 e. The van der Waals surface area contributed by atoms with Gasteiger partial charge in [0.25, 0.3) is 0 Å². The van der Waals surface area contributed by atoms with Crippen molar-refractivity contribution >= 4 is 34.8 Å². The van der Waals surface area contributed by atoms with E-state index in [1.54, 1.807) is 23.9 Å². The van der Waals surface area contributed by atoms with Gasteiger partial charge in [-0.25, -0.2) is 4.39 Å². The Hall–Kier alpha value is -2.05. The van der Waals surface area contributed by atoms with Gasteiger partial charge in [0.05, 0.1) is 0 Å². The molecule has 3 nitrogen and oxygen atoms in total. The predicted molar refractivity (Wildman–Crippen MR) is 109 cm³/mol. The average Bonchev–Trinajstić information content (AvgIpc) is 2.61. The lowest BCUT2D eigenvalue weighted by molar-refractivity contribution is 0.363. The fourth-order valence-corrected chi connectivity index (χ4v) is 3.09. The van der Waals surface area contributed by atoms with Crippen molar-refractivity contribution in [2.75, 3.05) is 24.2 Å². The zero-order chi connectivity index (χ0) is 17.9. The van der Waals surface area contributed by atoms with Gasteiger partial charge in [0.15, 0.2) is 5.11 Å². The SMILES string of the molecule is C=CCOc1cccc(NC(=S)NCCSCc2ccccc2F)c1. The van der Waals surface area contributed by atoms with Crippen LogP contribution in [0.5, 0.6) is 5.75 Å². The van der Waals surface area contributed by atoms with Crippen LogP contribution in [0.15, 0.2) is 61.2 Å². The number of hydrogen-bond donors (Lipinski definition) is 2. The Labute approximate surface area is 157 Å². The zero-order valence-electron chi connectivity index (χ0n) is 13.8. The van der Waals surface area contributed by atoms with E-state index >= 15 is 0 Å². The van der Waals surface area contributed by atoms with Crippen LogP contribution in [0, 0.1) is 5.82 Å². The molecule has 6 heteroatoms. The monoisotopic (exact) mass is 376 g/mol. The molecular weight excluding hydrogens is 355 g/mol. The standard InChI is InChI=1S/C19H21FN2OS2/c1-2-11-23-17-8-5-7-16(13-17)22-19(24)21-10-12-25-14-15-6-3-4-9-18(15)20/h2-9,13H,1,10-12,14H2,(H2,21,22,24). The topological polar surface area (TPSA) is 33.3 Å². The lowest BCUT2D eigenvalue weighted by Gasteiger charge is -2.11. The Balaban J connectivity index is 1.67. The molecule has 0 aliphatic rings. The fraction of sp³-hybridized carbons (Fsp3) is 0.211. The van der Waals surface area contributed by atoms with Crippen molar-refractivity contribution in [3.05, 3.63) is 72.6 Å². The molecule has 0 spiro atoms. The molecule has 0 heterocycles. The zero-order valence-corrected chi connectivity index (χ0v) is 15.5. The summed E-state index contributed by atoms with van der Waals surface area (Å²) in [4.78, 5) is 0. The van der Waals surface area contributed by atoms with E-state index in [2.05, 4.69) is 17.2 Å². The third-order valence-corrected chi connectivity index (χ3v) is 4.46. The highest BCUT2D eigenvalue weighted by Gasteiger charge is 2.02. The first-order chi connectivity index (χ1) is 12.2. The van der Waals surface area contributed by atoms with Gasteiger partial charge in [-0.3, -0.25) is 0 Å². The van der Waals surface area contributed by atoms with E-state index in [4.69, 9.17) is 17.0 Å². The molecule has 0 saturated heterocycles. The predicted octanol–water partition coefficient (Wildman–Crippen LogP) is 4.61. The molecule has 0 atom stereocenters. The maximum absolute atomic E-state index is 13.5. The Morgan fingerprint density at radius 1 is 1.24 bits per heavy atom. The molecule has 2 aromatic carbocycles. The highest BCUT2D eigenvalue weighted by molar-refractivity contribution is 7.98. The van der Waals surface area contributed by atoms with Crippen LogP contribution in [0.3, 0.4) is 0 Å². The molecule has 0 aliphatic heterocycles. The van der Waals surface area contributed by atoms with Gasteiger partial charge in [-0.15, -0.1) is 0 Å². The van der Waals surface area contributed by atoms with Gasteiger partial charge in [0.2, 0.25) is 0 Å². The number of rotatable bonds is 9. The summed E-state index contributed by atoms with van der Waals surface area (Å²) in [5, 5.41) is 6.81. The molecule has 132 valence electrons. The van der Waals surface area contributed by atoms with Crippen molar-refractivity contribution in [1.29, 1.82) is 0 Å². The summed E-state index contributed by atoms with van der Waals surface area (Å²) in [6.07, 6.45) is 1.70. The number of hydrogen-bond acceptors (Lipinski definition) is 3. The number of nitrogens with one attached hydrogen (secondary N) is 2. The minimum atomic E-state index is -0.154. The van der Waals surface area contributed by atoms with Gasteiger partial charge in [0.1, 0.15) is 18.2 Å². The number of benzene rings is 2. The molecule has 25 heavy (non-hydrogen) atoms. The van der Waals surface area contributed by atoms with E-state index in [1.807, 2.05) is 36.4 Å². The van der Waals surface area contributed by atoms with Crippen LogP contribution in [0.1, 0.15) is 5.56 Å². The van der Waals surface area contributed by atoms with Crippen molar-refractivity contribution in [1.82, 2.24) is 5.32 Å². The van der Waals surface area contributed by atoms with E-state index in [-0.39, 0.29) is 5.82 Å². The first kappa shape index (κ1) is 19.3. The molecule has 0 aliphatic carbocycles. The van der Waals surface area contributed by atoms with Crippen LogP contribution in [0.25, 0.3) is 0 Å². The second-order valence-electron chi connectivity index (χ2n) is 5.15. The summed E-state index contributed by atoms with van der Waals surface area (Å²) < 4.78 is 19.0. The molecular formula is C19H21FN2OS2. The van der Waals surface area contributed by atoms with Gasteiger partial charge in [0, 0.05) is 29.8 Å². The second-order valence-corrected chi connectivity index (χ2v) is 6.67. The summed E-state index contributed by atoms with van der Waals surface area (Å²) in [5.74, 6) is 2.09. The maximum atomic E-state index is 13.5. The molecule has 0 aromatic heterocycles. The van der Waals surface area contributed by atoms with Gasteiger partial charge >= 0.3 is 0 Å². The molecule has 2 aromatic rings. The molecule has 0 radical (unpaired) electrons. The molecule has 0 amide bonds. The third-order valence-electron chi connectivity index (χ3n) is 3.21. The summed E-state index contributed by atoms with van der Waals surface area (Å²) in [7, 11) is 0. The average molecular weight is 377 g/mol. The minimum absolute atomic E-state index is 0.154. The molecule has 0 saturated carbocycles. The van der Waals surface area contributed by atoms with Crippen LogP contribution in [0.2, 0.25) is 0 Å². The van der Waals surface area contributed by atoms with E-state index in [9.17, 15) is 4.39 Å². The minimum Gasteiger partial charge on any atom is -0.489 e. The number of thiocarbonyl (C=S) groups is 1. The maximum Gasteiger partial charge on any atom is 0.170 e. The Morgan fingerprint density at radius 3 is 2.88 bits per heavy atom. The number of thioether (sulfide) groups is 1. The summed E-state index contributed by atoms with van der Waals surface area (Å²) >= 11 is 6.94. The lowest BCUT2D eigenvalue weighted by atomic mass is 10.2. The van der Waals surface area contributed by atoms with E-state index in [0.717, 1.165) is 22.8 Å². The van der Waals surface area contributed by atoms with Gasteiger partial charge in [-0.1, -0.05) is 36.9 Å². The van der Waals surface area contributed by atoms with Gasteiger partial charge < -0.3 is 15.4 Å². The molecule has 2 N–H and O–H groups in total. The van der Waals surface area contributed by atoms with Crippen LogP contribution in [-0.2, 0) is 5.75 Å². The quantitative estimate of drug-likeness (QED) is 0.379. The molecule has 0 bridgehead atoms. The van der Waals surface area contributed by atoms with E-state index < -0.39 is 0 Å². The Bertz CT molecular complexity index is 709. The van der Waals surface area contributed by atoms with Crippen molar-refractivity contribution in [3.8, 4) is 5.75 Å². The summed E-state index contributed by atoms with van der Waals surface area (Å²) in [5.41, 5.74) is 1.59. The van der Waals surface area contributed by atoms with Gasteiger partial charge in [-0.2, -0.15) is 11.8 Å². The largest absolute Gasteiger partial charge is 0.489 e. The first-order valence-electron chi connectivity index (χ1n) is 7.89. The molecule has 2 rings (SSSR count). The highest BCUT2D eigenvalue weighted by Crippen LogP contribution is 2.17. The summed E-state index contributed by atoms with van der Waals surface area (Å²) in [6.45, 7) is 4.79. The number of anilines is 1. The molecule has 0 unspecified atom stereocenters. The number of halogens is 1. The Morgan fingerprint density at radius 2 is 2.08 bits per heavy atom. The van der Waals surface area contributed by atoms with Crippen LogP contribution < -0.4 is 15.4 Å². The highest BCUT2D eigenvalue weighted by atomic mass is 32.2.